The molecule has 2 aromatic heterocycles. The Hall–Kier alpha value is -2.15. The minimum absolute atomic E-state index is 0.0278. The summed E-state index contributed by atoms with van der Waals surface area (Å²) in [6.07, 6.45) is 0.420. The summed E-state index contributed by atoms with van der Waals surface area (Å²) in [5.74, 6) is 0.327. The highest BCUT2D eigenvalue weighted by atomic mass is 32.1. The predicted octanol–water partition coefficient (Wildman–Crippen LogP) is 3.00. The summed E-state index contributed by atoms with van der Waals surface area (Å²) in [4.78, 5) is 27.7. The van der Waals surface area contributed by atoms with Crippen molar-refractivity contribution in [1.29, 1.82) is 0 Å². The molecule has 0 bridgehead atoms. The number of hydrogen-bond donors (Lipinski definition) is 2. The minimum Gasteiger partial charge on any atom is -0.481 e. The number of rotatable bonds is 6. The molecule has 7 heteroatoms. The Labute approximate surface area is 132 Å². The van der Waals surface area contributed by atoms with Gasteiger partial charge in [0.15, 0.2) is 10.8 Å². The molecule has 1 amide bonds. The van der Waals surface area contributed by atoms with Crippen LogP contribution in [-0.2, 0) is 4.79 Å². The fourth-order valence-electron chi connectivity index (χ4n) is 1.96. The maximum absolute atomic E-state index is 12.3. The molecule has 0 fully saturated rings. The van der Waals surface area contributed by atoms with Gasteiger partial charge in [0.05, 0.1) is 5.69 Å². The van der Waals surface area contributed by atoms with Crippen molar-refractivity contribution < 1.29 is 19.1 Å². The van der Waals surface area contributed by atoms with Gasteiger partial charge in [0.1, 0.15) is 10.6 Å². The summed E-state index contributed by atoms with van der Waals surface area (Å²) in [7, 11) is 0. The highest BCUT2D eigenvalue weighted by molar-refractivity contribution is 7.17. The van der Waals surface area contributed by atoms with Gasteiger partial charge in [-0.05, 0) is 39.3 Å². The third-order valence-corrected chi connectivity index (χ3v) is 4.29. The van der Waals surface area contributed by atoms with Crippen LogP contribution in [0.1, 0.15) is 40.9 Å². The molecule has 0 radical (unpaired) electrons. The molecule has 1 unspecified atom stereocenters. The van der Waals surface area contributed by atoms with Crippen molar-refractivity contribution in [3.05, 3.63) is 28.5 Å². The molecule has 2 heterocycles. The lowest BCUT2D eigenvalue weighted by molar-refractivity contribution is -0.137. The monoisotopic (exact) mass is 322 g/mol. The number of thiazole rings is 1. The van der Waals surface area contributed by atoms with Crippen molar-refractivity contribution >= 4 is 23.2 Å². The van der Waals surface area contributed by atoms with E-state index in [0.717, 1.165) is 5.76 Å². The van der Waals surface area contributed by atoms with Gasteiger partial charge >= 0.3 is 5.97 Å². The second kappa shape index (κ2) is 6.74. The number of carbonyl (C=O) groups is 2. The van der Waals surface area contributed by atoms with Crippen LogP contribution in [0, 0.1) is 13.8 Å². The van der Waals surface area contributed by atoms with Gasteiger partial charge in [0.2, 0.25) is 0 Å². The Morgan fingerprint density at radius 1 is 1.41 bits per heavy atom. The molecular weight excluding hydrogens is 304 g/mol. The number of carboxylic acids is 1. The predicted molar refractivity (Wildman–Crippen MR) is 83.1 cm³/mol. The summed E-state index contributed by atoms with van der Waals surface area (Å²) >= 11 is 1.27. The zero-order chi connectivity index (χ0) is 16.3. The van der Waals surface area contributed by atoms with Gasteiger partial charge in [-0.25, -0.2) is 4.98 Å². The van der Waals surface area contributed by atoms with E-state index in [1.54, 1.807) is 13.8 Å². The highest BCUT2D eigenvalue weighted by Gasteiger charge is 2.19. The maximum Gasteiger partial charge on any atom is 0.303 e. The molecule has 0 saturated heterocycles. The Bertz CT molecular complexity index is 690. The zero-order valence-electron chi connectivity index (χ0n) is 12.7. The molecular formula is C15H18N2O4S. The molecule has 0 aromatic carbocycles. The van der Waals surface area contributed by atoms with E-state index in [2.05, 4.69) is 10.3 Å². The lowest BCUT2D eigenvalue weighted by atomic mass is 10.2. The molecule has 0 saturated carbocycles. The highest BCUT2D eigenvalue weighted by Crippen LogP contribution is 2.29. The number of aliphatic carboxylic acids is 1. The van der Waals surface area contributed by atoms with Gasteiger partial charge < -0.3 is 14.8 Å². The van der Waals surface area contributed by atoms with Crippen molar-refractivity contribution in [3.8, 4) is 10.8 Å². The third kappa shape index (κ3) is 3.94. The van der Waals surface area contributed by atoms with E-state index in [4.69, 9.17) is 9.52 Å². The van der Waals surface area contributed by atoms with Gasteiger partial charge in [0.25, 0.3) is 5.91 Å². The molecule has 0 aliphatic carbocycles. The Balaban J connectivity index is 2.07. The van der Waals surface area contributed by atoms with E-state index in [0.29, 0.717) is 27.8 Å². The number of nitrogens with zero attached hydrogens (tertiary/aromatic N) is 1. The second-order valence-electron chi connectivity index (χ2n) is 5.15. The number of aryl methyl sites for hydroxylation is 2. The van der Waals surface area contributed by atoms with Crippen LogP contribution in [0.2, 0.25) is 0 Å². The first-order valence-corrected chi connectivity index (χ1v) is 7.75. The van der Waals surface area contributed by atoms with Crippen molar-refractivity contribution in [2.75, 3.05) is 0 Å². The molecule has 0 aliphatic heterocycles. The SMILES string of the molecule is Cc1ccc(-c2nc(C)c(C(=O)NC(C)CCC(=O)O)s2)o1. The topological polar surface area (TPSA) is 92.4 Å². The summed E-state index contributed by atoms with van der Waals surface area (Å²) < 4.78 is 5.51. The maximum atomic E-state index is 12.3. The number of carboxylic acid groups (broad SMARTS) is 1. The van der Waals surface area contributed by atoms with Gasteiger partial charge in [-0.3, -0.25) is 9.59 Å². The standard InChI is InChI=1S/C15H18N2O4S/c1-8(4-7-12(18)19)16-14(20)13-10(3)17-15(22-13)11-6-5-9(2)21-11/h5-6,8H,4,7H2,1-3H3,(H,16,20)(H,18,19). The quantitative estimate of drug-likeness (QED) is 0.853. The summed E-state index contributed by atoms with van der Waals surface area (Å²) in [6, 6.07) is 3.46. The van der Waals surface area contributed by atoms with Gasteiger partial charge in [-0.1, -0.05) is 0 Å². The van der Waals surface area contributed by atoms with Crippen LogP contribution in [-0.4, -0.2) is 28.0 Å². The third-order valence-electron chi connectivity index (χ3n) is 3.12. The van der Waals surface area contributed by atoms with Gasteiger partial charge in [0, 0.05) is 12.5 Å². The molecule has 22 heavy (non-hydrogen) atoms. The van der Waals surface area contributed by atoms with Crippen LogP contribution in [0.25, 0.3) is 10.8 Å². The van der Waals surface area contributed by atoms with Gasteiger partial charge in [-0.2, -0.15) is 0 Å². The molecule has 2 rings (SSSR count). The fraction of sp³-hybridized carbons (Fsp3) is 0.400. The molecule has 2 aromatic rings. The van der Waals surface area contributed by atoms with Crippen LogP contribution in [0.15, 0.2) is 16.5 Å². The van der Waals surface area contributed by atoms with Crippen LogP contribution >= 0.6 is 11.3 Å². The van der Waals surface area contributed by atoms with Crippen LogP contribution in [0.4, 0.5) is 0 Å². The van der Waals surface area contributed by atoms with Crippen LogP contribution in [0.3, 0.4) is 0 Å². The zero-order valence-corrected chi connectivity index (χ0v) is 13.5. The normalized spacial score (nSPS) is 12.1. The number of hydrogen-bond acceptors (Lipinski definition) is 5. The van der Waals surface area contributed by atoms with Gasteiger partial charge in [-0.15, -0.1) is 11.3 Å². The van der Waals surface area contributed by atoms with E-state index in [1.807, 2.05) is 19.1 Å². The van der Waals surface area contributed by atoms with E-state index in [9.17, 15) is 9.59 Å². The Morgan fingerprint density at radius 2 is 2.14 bits per heavy atom. The van der Waals surface area contributed by atoms with E-state index in [1.165, 1.54) is 11.3 Å². The first-order chi connectivity index (χ1) is 10.4. The summed E-state index contributed by atoms with van der Waals surface area (Å²) in [6.45, 7) is 5.41. The largest absolute Gasteiger partial charge is 0.481 e. The van der Waals surface area contributed by atoms with Crippen molar-refractivity contribution in [3.63, 3.8) is 0 Å². The smallest absolute Gasteiger partial charge is 0.303 e. The van der Waals surface area contributed by atoms with E-state index >= 15 is 0 Å². The van der Waals surface area contributed by atoms with Crippen molar-refractivity contribution in [1.82, 2.24) is 10.3 Å². The average molecular weight is 322 g/mol. The van der Waals surface area contributed by atoms with Crippen LogP contribution in [0.5, 0.6) is 0 Å². The molecule has 0 aliphatic rings. The van der Waals surface area contributed by atoms with Crippen molar-refractivity contribution in [2.24, 2.45) is 0 Å². The number of aromatic nitrogens is 1. The molecule has 0 spiro atoms. The number of nitrogens with one attached hydrogen (secondary N) is 1. The molecule has 2 N–H and O–H groups in total. The molecule has 6 nitrogen and oxygen atoms in total. The number of furan rings is 1. The second-order valence-corrected chi connectivity index (χ2v) is 6.15. The molecule has 118 valence electrons. The van der Waals surface area contributed by atoms with E-state index in [-0.39, 0.29) is 18.4 Å². The lowest BCUT2D eigenvalue weighted by Crippen LogP contribution is -2.32. The first-order valence-electron chi connectivity index (χ1n) is 6.93. The number of amides is 1. The molecule has 1 atom stereocenters. The minimum atomic E-state index is -0.870. The summed E-state index contributed by atoms with van der Waals surface area (Å²) in [5.41, 5.74) is 0.636. The lowest BCUT2D eigenvalue weighted by Gasteiger charge is -2.11. The summed E-state index contributed by atoms with van der Waals surface area (Å²) in [5, 5.41) is 12.1. The fourth-order valence-corrected chi connectivity index (χ4v) is 2.89. The Morgan fingerprint density at radius 3 is 2.73 bits per heavy atom. The average Bonchev–Trinajstić information content (AvgIpc) is 3.02. The van der Waals surface area contributed by atoms with Crippen molar-refractivity contribution in [2.45, 2.75) is 39.7 Å². The van der Waals surface area contributed by atoms with E-state index < -0.39 is 5.97 Å². The Kier molecular flexibility index (Phi) is 4.97. The van der Waals surface area contributed by atoms with Crippen LogP contribution < -0.4 is 5.32 Å². The first kappa shape index (κ1) is 16.2. The number of carbonyl (C=O) groups excluding carboxylic acids is 1.